The molecule has 4 N–H and O–H groups in total. The van der Waals surface area contributed by atoms with Crippen LogP contribution in [-0.2, 0) is 9.63 Å². The average Bonchev–Trinajstić information content (AvgIpc) is 2.00. The molecule has 0 spiro atoms. The van der Waals surface area contributed by atoms with Gasteiger partial charge in [0.05, 0.1) is 6.61 Å². The number of carbonyl (C=O) groups excluding carboxylic acids is 1. The Hall–Kier alpha value is -0.680. The lowest BCUT2D eigenvalue weighted by atomic mass is 10.2. The molecule has 0 aliphatic carbocycles. The van der Waals surface area contributed by atoms with Crippen molar-refractivity contribution in [3.63, 3.8) is 0 Å². The minimum atomic E-state index is -0.122. The van der Waals surface area contributed by atoms with Gasteiger partial charge in [-0.05, 0) is 0 Å². The maximum absolute atomic E-state index is 10.5. The normalized spacial score (nSPS) is 24.4. The largest absolute Gasteiger partial charge is 0.347 e. The first-order valence-electron chi connectivity index (χ1n) is 2.93. The van der Waals surface area contributed by atoms with Crippen LogP contribution >= 0.6 is 0 Å². The van der Waals surface area contributed by atoms with Crippen molar-refractivity contribution in [1.29, 1.82) is 1.45 Å². The number of hydrogen-bond donors (Lipinski definition) is 2. The highest BCUT2D eigenvalue weighted by atomic mass is 19.0. The summed E-state index contributed by atoms with van der Waals surface area (Å²) >= 11 is 0. The fourth-order valence-corrected chi connectivity index (χ4v) is 0.538. The van der Waals surface area contributed by atoms with Crippen molar-refractivity contribution in [3.05, 3.63) is 0 Å². The van der Waals surface area contributed by atoms with Gasteiger partial charge in [0, 0.05) is 6.42 Å². The highest BCUT2D eigenvalue weighted by Crippen LogP contribution is 1.91. The highest BCUT2D eigenvalue weighted by molar-refractivity contribution is 5.79. The average molecular weight is 155 g/mol. The zero-order valence-electron chi connectivity index (χ0n) is 5.89. The van der Waals surface area contributed by atoms with Gasteiger partial charge >= 0.3 is 5.91 Å². The van der Waals surface area contributed by atoms with Crippen molar-refractivity contribution in [2.45, 2.75) is 19.9 Å². The van der Waals surface area contributed by atoms with Gasteiger partial charge in [-0.1, -0.05) is 7.43 Å². The minimum absolute atomic E-state index is 0. The third-order valence-corrected chi connectivity index (χ3v) is 1.11. The standard InChI is InChI=1S/C4H8N2O2.CH4.FH/c5-3-1-2-8-6-4(3)7;;/h3H,1-2,5H2,(H,6,7);1H4;1H/p+1/i/hT. The molecule has 1 fully saturated rings. The van der Waals surface area contributed by atoms with Gasteiger partial charge in [0.1, 0.15) is 0 Å². The Balaban J connectivity index is 0. The number of rotatable bonds is 0. The lowest BCUT2D eigenvalue weighted by molar-refractivity contribution is -0.412. The molecular weight excluding hydrogens is 139 g/mol. The first-order valence-corrected chi connectivity index (χ1v) is 2.55. The van der Waals surface area contributed by atoms with E-state index in [1.165, 1.54) is 0 Å². The predicted molar refractivity (Wildman–Crippen MR) is 34.6 cm³/mol. The number of carbonyl (C=O) groups is 1. The molecular formula is C5H14FN2O2+. The molecule has 0 radical (unpaired) electrons. The predicted octanol–water partition coefficient (Wildman–Crippen LogP) is -1.16. The summed E-state index contributed by atoms with van der Waals surface area (Å²) in [7, 11) is 0. The molecule has 0 aromatic heterocycles. The maximum Gasteiger partial charge on any atom is 0.301 e. The molecule has 1 rings (SSSR count). The van der Waals surface area contributed by atoms with E-state index < -0.39 is 0 Å². The van der Waals surface area contributed by atoms with Gasteiger partial charge in [-0.25, -0.2) is 5.48 Å². The van der Waals surface area contributed by atoms with Gasteiger partial charge in [0.25, 0.3) is 1.45 Å². The third kappa shape index (κ3) is 2.75. The molecule has 1 saturated heterocycles. The summed E-state index contributed by atoms with van der Waals surface area (Å²) in [5, 5.41) is 0. The second-order valence-electron chi connectivity index (χ2n) is 1.80. The Morgan fingerprint density at radius 1 is 1.90 bits per heavy atom. The number of halogens is 1. The van der Waals surface area contributed by atoms with Gasteiger partial charge in [-0.15, -0.1) is 0 Å². The van der Waals surface area contributed by atoms with Crippen LogP contribution in [0.5, 0.6) is 0 Å². The Bertz CT molecular complexity index is 115. The van der Waals surface area contributed by atoms with Crippen LogP contribution in [0.15, 0.2) is 0 Å². The number of quaternary nitrogens is 1. The lowest BCUT2D eigenvalue weighted by Gasteiger charge is -2.14. The zero-order valence-corrected chi connectivity index (χ0v) is 4.89. The number of hydrogen-bond acceptors (Lipinski definition) is 2. The molecule has 1 aliphatic rings. The van der Waals surface area contributed by atoms with Crippen molar-refractivity contribution in [2.24, 2.45) is 0 Å². The fraction of sp³-hybridized carbons (Fsp3) is 0.800. The second kappa shape index (κ2) is 5.13. The molecule has 1 amide bonds. The van der Waals surface area contributed by atoms with Crippen LogP contribution in [0.3, 0.4) is 0 Å². The van der Waals surface area contributed by atoms with Gasteiger partial charge in [-0.2, -0.15) is 0 Å². The van der Waals surface area contributed by atoms with E-state index in [0.717, 1.165) is 6.42 Å². The summed E-state index contributed by atoms with van der Waals surface area (Å²) in [6, 6.07) is -0.122. The van der Waals surface area contributed by atoms with Gasteiger partial charge in [0.15, 0.2) is 6.04 Å². The summed E-state index contributed by atoms with van der Waals surface area (Å²) in [6.07, 6.45) is 0.728. The van der Waals surface area contributed by atoms with E-state index >= 15 is 0 Å². The molecule has 62 valence electrons. The SMILES string of the molecule is C.[3H]F.[NH3+]C1CCONC1=O. The summed E-state index contributed by atoms with van der Waals surface area (Å²) < 4.78 is 13.0. The molecule has 0 saturated carbocycles. The first-order chi connectivity index (χ1) is 4.80. The minimum Gasteiger partial charge on any atom is -0.347 e. The smallest absolute Gasteiger partial charge is 0.301 e. The van der Waals surface area contributed by atoms with E-state index in [4.69, 9.17) is 4.72 Å². The van der Waals surface area contributed by atoms with Gasteiger partial charge in [-0.3, -0.25) is 14.3 Å². The topological polar surface area (TPSA) is 66.0 Å². The van der Waals surface area contributed by atoms with Gasteiger partial charge in [0.2, 0.25) is 0 Å². The van der Waals surface area contributed by atoms with Crippen LogP contribution in [0.2, 0.25) is 0 Å². The van der Waals surface area contributed by atoms with Gasteiger partial charge < -0.3 is 5.73 Å². The Morgan fingerprint density at radius 3 is 2.80 bits per heavy atom. The van der Waals surface area contributed by atoms with E-state index in [1.807, 2.05) is 0 Å². The summed E-state index contributed by atoms with van der Waals surface area (Å²) in [4.78, 5) is 15.1. The van der Waals surface area contributed by atoms with E-state index in [-0.39, 0.29) is 19.4 Å². The van der Waals surface area contributed by atoms with E-state index in [0.29, 0.717) is 6.61 Å². The summed E-state index contributed by atoms with van der Waals surface area (Å²) in [5.41, 5.74) is 5.82. The van der Waals surface area contributed by atoms with Crippen molar-refractivity contribution in [1.82, 2.24) is 5.48 Å². The van der Waals surface area contributed by atoms with Crippen LogP contribution in [0.4, 0.5) is 4.72 Å². The summed E-state index contributed by atoms with van der Waals surface area (Å²) in [6.45, 7) is 0.583. The number of amides is 1. The quantitative estimate of drug-likeness (QED) is 0.463. The molecule has 0 aromatic rings. The number of hydroxylamine groups is 1. The Morgan fingerprint density at radius 2 is 2.50 bits per heavy atom. The zero-order chi connectivity index (χ0) is 7.98. The lowest BCUT2D eigenvalue weighted by Crippen LogP contribution is -2.69. The Labute approximate surface area is 60.6 Å². The molecule has 0 aromatic carbocycles. The first kappa shape index (κ1) is 9.32. The van der Waals surface area contributed by atoms with Crippen molar-refractivity contribution in [3.8, 4) is 0 Å². The fourth-order valence-electron chi connectivity index (χ4n) is 0.538. The molecule has 1 aliphatic heterocycles. The van der Waals surface area contributed by atoms with E-state index in [1.54, 1.807) is 0 Å². The van der Waals surface area contributed by atoms with Crippen LogP contribution in [0, 0.1) is 0 Å². The maximum atomic E-state index is 10.5. The third-order valence-electron chi connectivity index (χ3n) is 1.11. The second-order valence-corrected chi connectivity index (χ2v) is 1.80. The van der Waals surface area contributed by atoms with Crippen LogP contribution < -0.4 is 11.2 Å². The molecule has 4 nitrogen and oxygen atoms in total. The summed E-state index contributed by atoms with van der Waals surface area (Å²) in [5.74, 6) is -0.115. The van der Waals surface area contributed by atoms with Crippen molar-refractivity contribution >= 4 is 5.91 Å². The van der Waals surface area contributed by atoms with Crippen molar-refractivity contribution in [2.75, 3.05) is 6.61 Å². The molecule has 1 heterocycles. The Kier molecular flexibility index (Phi) is 4.78. The van der Waals surface area contributed by atoms with E-state index in [9.17, 15) is 4.79 Å². The molecule has 10 heavy (non-hydrogen) atoms. The molecule has 0 bridgehead atoms. The number of nitrogens with one attached hydrogen (secondary N) is 1. The molecule has 1 atom stereocenters. The van der Waals surface area contributed by atoms with Crippen LogP contribution in [0.1, 0.15) is 13.8 Å². The highest BCUT2D eigenvalue weighted by Gasteiger charge is 2.20. The van der Waals surface area contributed by atoms with E-state index in [2.05, 4.69) is 17.5 Å². The van der Waals surface area contributed by atoms with Crippen LogP contribution in [0.25, 0.3) is 0 Å². The molecule has 1 unspecified atom stereocenters. The molecule has 5 heteroatoms. The van der Waals surface area contributed by atoms with Crippen molar-refractivity contribution < 1.29 is 20.1 Å². The monoisotopic (exact) mass is 155 g/mol. The van der Waals surface area contributed by atoms with Crippen LogP contribution in [-0.4, -0.2) is 20.0 Å².